The molecule has 2 aromatic rings. The molecule has 118 valence electrons. The van der Waals surface area contributed by atoms with E-state index in [0.29, 0.717) is 0 Å². The Morgan fingerprint density at radius 1 is 1.04 bits per heavy atom. The van der Waals surface area contributed by atoms with E-state index in [0.717, 1.165) is 19.3 Å². The Kier molecular flexibility index (Phi) is 3.76. The fourth-order valence-corrected chi connectivity index (χ4v) is 4.42. The summed E-state index contributed by atoms with van der Waals surface area (Å²) in [5.74, 6) is 0.210. The van der Waals surface area contributed by atoms with Crippen molar-refractivity contribution in [2.75, 3.05) is 6.54 Å². The van der Waals surface area contributed by atoms with Crippen molar-refractivity contribution in [1.82, 2.24) is 0 Å². The summed E-state index contributed by atoms with van der Waals surface area (Å²) >= 11 is 0. The highest BCUT2D eigenvalue weighted by Gasteiger charge is 2.46. The summed E-state index contributed by atoms with van der Waals surface area (Å²) in [5, 5.41) is 12.7. The second-order valence-electron chi connectivity index (χ2n) is 6.78. The molecule has 1 N–H and O–H groups in total. The average Bonchev–Trinajstić information content (AvgIpc) is 2.58. The number of carbonyl (C=O) groups excluding carboxylic acids is 1. The Morgan fingerprint density at radius 3 is 2.61 bits per heavy atom. The van der Waals surface area contributed by atoms with Crippen LogP contribution in [0.4, 0.5) is 0 Å². The molecule has 1 aliphatic heterocycles. The van der Waals surface area contributed by atoms with Crippen LogP contribution in [-0.4, -0.2) is 18.4 Å². The molecule has 1 fully saturated rings. The number of quaternary nitrogens is 1. The van der Waals surface area contributed by atoms with Crippen molar-refractivity contribution in [3.05, 3.63) is 76.5 Å². The first-order valence-corrected chi connectivity index (χ1v) is 8.41. The van der Waals surface area contributed by atoms with Crippen molar-refractivity contribution in [3.8, 4) is 0 Å². The maximum Gasteiger partial charge on any atom is 0.195 e. The lowest BCUT2D eigenvalue weighted by atomic mass is 9.67. The van der Waals surface area contributed by atoms with Crippen LogP contribution in [0.15, 0.2) is 54.6 Å². The molecule has 0 spiro atoms. The summed E-state index contributed by atoms with van der Waals surface area (Å²) < 4.78 is 0. The van der Waals surface area contributed by atoms with Crippen molar-refractivity contribution in [2.45, 2.75) is 31.2 Å². The number of benzene rings is 2. The highest BCUT2D eigenvalue weighted by Crippen LogP contribution is 2.40. The first kappa shape index (κ1) is 14.6. The topological polar surface area (TPSA) is 44.6 Å². The van der Waals surface area contributed by atoms with Gasteiger partial charge in [-0.3, -0.25) is 4.79 Å². The van der Waals surface area contributed by atoms with Crippen LogP contribution < -0.4 is 5.06 Å². The first-order chi connectivity index (χ1) is 11.2. The number of hydrogen-bond acceptors (Lipinski definition) is 2. The van der Waals surface area contributed by atoms with Gasteiger partial charge in [0.15, 0.2) is 5.78 Å². The van der Waals surface area contributed by atoms with Crippen LogP contribution in [0.3, 0.4) is 0 Å². The van der Waals surface area contributed by atoms with E-state index in [4.69, 9.17) is 0 Å². The number of fused-ring (bicyclic) bond motifs is 3. The third kappa shape index (κ3) is 2.60. The molecule has 2 aromatic carbocycles. The van der Waals surface area contributed by atoms with E-state index in [1.807, 2.05) is 30.3 Å². The lowest BCUT2D eigenvalue weighted by molar-refractivity contribution is -0.875. The van der Waals surface area contributed by atoms with E-state index < -0.39 is 0 Å². The Morgan fingerprint density at radius 2 is 1.78 bits per heavy atom. The van der Waals surface area contributed by atoms with Gasteiger partial charge in [-0.25, -0.2) is 0 Å². The maximum atomic E-state index is 12.6. The molecule has 3 heteroatoms. The largest absolute Gasteiger partial charge is 0.634 e. The van der Waals surface area contributed by atoms with Crippen LogP contribution in [0.5, 0.6) is 0 Å². The molecule has 23 heavy (non-hydrogen) atoms. The molecule has 1 heterocycles. The predicted octanol–water partition coefficient (Wildman–Crippen LogP) is 1.91. The highest BCUT2D eigenvalue weighted by molar-refractivity contribution is 5.88. The fourth-order valence-electron chi connectivity index (χ4n) is 4.42. The molecular formula is C20H21NO2. The summed E-state index contributed by atoms with van der Waals surface area (Å²) in [5.41, 5.74) is 3.65. The van der Waals surface area contributed by atoms with Gasteiger partial charge < -0.3 is 10.3 Å². The Labute approximate surface area is 136 Å². The van der Waals surface area contributed by atoms with Gasteiger partial charge in [-0.05, 0) is 29.5 Å². The smallest absolute Gasteiger partial charge is 0.195 e. The summed E-state index contributed by atoms with van der Waals surface area (Å²) in [7, 11) is 0. The third-order valence-electron chi connectivity index (χ3n) is 5.49. The number of aryl methyl sites for hydroxylation is 1. The Hall–Kier alpha value is -1.97. The minimum absolute atomic E-state index is 0.0199. The second kappa shape index (κ2) is 5.91. The molecule has 1 aliphatic carbocycles. The van der Waals surface area contributed by atoms with E-state index in [2.05, 4.69) is 24.3 Å². The van der Waals surface area contributed by atoms with Gasteiger partial charge in [0.2, 0.25) is 0 Å². The molecule has 4 atom stereocenters. The predicted molar refractivity (Wildman–Crippen MR) is 89.1 cm³/mol. The van der Waals surface area contributed by atoms with Crippen LogP contribution in [0.1, 0.15) is 29.0 Å². The molecule has 2 aliphatic rings. The molecule has 0 amide bonds. The normalized spacial score (nSPS) is 29.7. The number of nitrogens with one attached hydrogen (secondary N) is 1. The fraction of sp³-hybridized carbons (Fsp3) is 0.350. The molecule has 4 unspecified atom stereocenters. The standard InChI is InChI=1S/C20H21NO2/c22-19-13-21(23)18(12-14-6-2-1-3-7-14)17-11-10-15-8-4-5-9-16(15)20(17)19/h1-9,17-18,20-21H,10-13H2. The number of rotatable bonds is 2. The van der Waals surface area contributed by atoms with Gasteiger partial charge >= 0.3 is 0 Å². The van der Waals surface area contributed by atoms with Crippen molar-refractivity contribution in [1.29, 1.82) is 0 Å². The summed E-state index contributed by atoms with van der Waals surface area (Å²) in [4.78, 5) is 12.6. The second-order valence-corrected chi connectivity index (χ2v) is 6.78. The molecular weight excluding hydrogens is 286 g/mol. The Bertz CT molecular complexity index is 713. The van der Waals surface area contributed by atoms with Crippen molar-refractivity contribution >= 4 is 5.78 Å². The van der Waals surface area contributed by atoms with Gasteiger partial charge in [0.25, 0.3) is 0 Å². The number of Topliss-reactive ketones (excluding diaryl/α,β-unsaturated/α-hetero) is 1. The highest BCUT2D eigenvalue weighted by atomic mass is 16.5. The van der Waals surface area contributed by atoms with E-state index in [-0.39, 0.29) is 35.3 Å². The minimum atomic E-state index is -0.0774. The third-order valence-corrected chi connectivity index (χ3v) is 5.49. The number of carbonyl (C=O) groups is 1. The maximum absolute atomic E-state index is 12.6. The van der Waals surface area contributed by atoms with Crippen LogP contribution in [-0.2, 0) is 17.6 Å². The monoisotopic (exact) mass is 307 g/mol. The molecule has 4 rings (SSSR count). The molecule has 0 bridgehead atoms. The van der Waals surface area contributed by atoms with Crippen LogP contribution in [0.2, 0.25) is 0 Å². The quantitative estimate of drug-likeness (QED) is 0.862. The van der Waals surface area contributed by atoms with E-state index in [1.54, 1.807) is 0 Å². The van der Waals surface area contributed by atoms with Gasteiger partial charge in [-0.2, -0.15) is 0 Å². The lowest BCUT2D eigenvalue weighted by Crippen LogP contribution is -3.15. The van der Waals surface area contributed by atoms with Crippen molar-refractivity contribution in [2.24, 2.45) is 5.92 Å². The minimum Gasteiger partial charge on any atom is -0.634 e. The van der Waals surface area contributed by atoms with Crippen molar-refractivity contribution < 1.29 is 9.86 Å². The first-order valence-electron chi connectivity index (χ1n) is 8.41. The van der Waals surface area contributed by atoms with Crippen molar-refractivity contribution in [3.63, 3.8) is 0 Å². The van der Waals surface area contributed by atoms with Gasteiger partial charge in [0, 0.05) is 12.3 Å². The molecule has 0 radical (unpaired) electrons. The number of hydroxylamine groups is 2. The molecule has 1 saturated heterocycles. The number of hydrogen-bond donors (Lipinski definition) is 1. The SMILES string of the molecule is O=C1C[NH+]([O-])C(Cc2ccccc2)C2CCc3ccccc3C12. The summed E-state index contributed by atoms with van der Waals surface area (Å²) in [6.45, 7) is 0.104. The van der Waals surface area contributed by atoms with Gasteiger partial charge in [-0.1, -0.05) is 54.6 Å². The van der Waals surface area contributed by atoms with Crippen LogP contribution >= 0.6 is 0 Å². The Balaban J connectivity index is 1.68. The van der Waals surface area contributed by atoms with Crippen LogP contribution in [0, 0.1) is 11.1 Å². The number of piperidine rings is 1. The summed E-state index contributed by atoms with van der Waals surface area (Å²) in [6.07, 6.45) is 2.68. The molecule has 3 nitrogen and oxygen atoms in total. The lowest BCUT2D eigenvalue weighted by Gasteiger charge is -2.46. The van der Waals surface area contributed by atoms with Gasteiger partial charge in [-0.15, -0.1) is 0 Å². The zero-order chi connectivity index (χ0) is 15.8. The zero-order valence-electron chi connectivity index (χ0n) is 13.1. The van der Waals surface area contributed by atoms with Gasteiger partial charge in [0.1, 0.15) is 6.54 Å². The summed E-state index contributed by atoms with van der Waals surface area (Å²) in [6, 6.07) is 18.4. The van der Waals surface area contributed by atoms with Gasteiger partial charge in [0.05, 0.1) is 12.0 Å². The average molecular weight is 307 g/mol. The molecule has 0 aromatic heterocycles. The van der Waals surface area contributed by atoms with Crippen LogP contribution in [0.25, 0.3) is 0 Å². The van der Waals surface area contributed by atoms with E-state index in [1.165, 1.54) is 16.7 Å². The van der Waals surface area contributed by atoms with E-state index >= 15 is 0 Å². The number of ketones is 1. The molecule has 0 saturated carbocycles. The zero-order valence-corrected chi connectivity index (χ0v) is 13.1. The van der Waals surface area contributed by atoms with E-state index in [9.17, 15) is 10.0 Å².